The lowest BCUT2D eigenvalue weighted by Gasteiger charge is -2.29. The first-order valence-electron chi connectivity index (χ1n) is 5.58. The van der Waals surface area contributed by atoms with Crippen LogP contribution in [0.1, 0.15) is 5.56 Å². The van der Waals surface area contributed by atoms with Gasteiger partial charge in [-0.25, -0.2) is 0 Å². The van der Waals surface area contributed by atoms with Crippen molar-refractivity contribution in [2.24, 2.45) is 0 Å². The average Bonchev–Trinajstić information content (AvgIpc) is 2.39. The second-order valence-corrected chi connectivity index (χ2v) is 3.99. The standard InChI is InChI=1S/C11H14BN3O2/c13-8-9-7-10(1-2-11(9)12(16)17)15-5-3-14-4-6-15/h1-2,7,14,16-17H,3-6H2. The van der Waals surface area contributed by atoms with Crippen molar-refractivity contribution in [2.45, 2.75) is 0 Å². The molecule has 0 aromatic heterocycles. The number of benzene rings is 1. The Bertz CT molecular complexity index is 439. The highest BCUT2D eigenvalue weighted by molar-refractivity contribution is 6.59. The molecule has 0 unspecified atom stereocenters. The molecule has 5 nitrogen and oxygen atoms in total. The Morgan fingerprint density at radius 3 is 2.59 bits per heavy atom. The molecule has 1 aromatic rings. The summed E-state index contributed by atoms with van der Waals surface area (Å²) in [5, 5.41) is 30.5. The Hall–Kier alpha value is -1.55. The summed E-state index contributed by atoms with van der Waals surface area (Å²) in [6, 6.07) is 7.12. The molecule has 17 heavy (non-hydrogen) atoms. The van der Waals surface area contributed by atoms with Crippen LogP contribution in [0.15, 0.2) is 18.2 Å². The van der Waals surface area contributed by atoms with Crippen LogP contribution >= 0.6 is 0 Å². The summed E-state index contributed by atoms with van der Waals surface area (Å²) < 4.78 is 0. The van der Waals surface area contributed by atoms with E-state index in [0.717, 1.165) is 31.9 Å². The highest BCUT2D eigenvalue weighted by atomic mass is 16.4. The summed E-state index contributed by atoms with van der Waals surface area (Å²) in [7, 11) is -1.60. The van der Waals surface area contributed by atoms with Crippen LogP contribution in [0.3, 0.4) is 0 Å². The first kappa shape index (κ1) is 11.9. The molecule has 1 aliphatic heterocycles. The molecule has 0 amide bonds. The molecular formula is C11H14BN3O2. The monoisotopic (exact) mass is 231 g/mol. The van der Waals surface area contributed by atoms with E-state index in [9.17, 15) is 0 Å². The van der Waals surface area contributed by atoms with E-state index >= 15 is 0 Å². The molecule has 0 aliphatic carbocycles. The zero-order valence-corrected chi connectivity index (χ0v) is 9.43. The highest BCUT2D eigenvalue weighted by Crippen LogP contribution is 2.15. The van der Waals surface area contributed by atoms with Gasteiger partial charge in [-0.2, -0.15) is 5.26 Å². The van der Waals surface area contributed by atoms with Gasteiger partial charge in [0, 0.05) is 31.9 Å². The SMILES string of the molecule is N#Cc1cc(N2CCNCC2)ccc1B(O)O. The number of hydrogen-bond acceptors (Lipinski definition) is 5. The number of nitriles is 1. The minimum atomic E-state index is -1.60. The van der Waals surface area contributed by atoms with Gasteiger partial charge < -0.3 is 20.3 Å². The van der Waals surface area contributed by atoms with Crippen LogP contribution in [0, 0.1) is 11.3 Å². The molecule has 6 heteroatoms. The molecule has 0 bridgehead atoms. The molecule has 0 radical (unpaired) electrons. The average molecular weight is 231 g/mol. The van der Waals surface area contributed by atoms with Crippen LogP contribution in [-0.2, 0) is 0 Å². The van der Waals surface area contributed by atoms with Crippen LogP contribution in [-0.4, -0.2) is 43.3 Å². The van der Waals surface area contributed by atoms with Crippen LogP contribution in [0.4, 0.5) is 5.69 Å². The van der Waals surface area contributed by atoms with Crippen molar-refractivity contribution in [1.29, 1.82) is 5.26 Å². The van der Waals surface area contributed by atoms with Gasteiger partial charge in [-0.1, -0.05) is 6.07 Å². The number of nitrogens with zero attached hydrogens (tertiary/aromatic N) is 2. The third-order valence-corrected chi connectivity index (χ3v) is 2.92. The van der Waals surface area contributed by atoms with E-state index in [-0.39, 0.29) is 5.46 Å². The number of nitrogens with one attached hydrogen (secondary N) is 1. The molecule has 88 valence electrons. The fourth-order valence-corrected chi connectivity index (χ4v) is 1.99. The summed E-state index contributed by atoms with van der Waals surface area (Å²) >= 11 is 0. The molecule has 0 spiro atoms. The second kappa shape index (κ2) is 5.19. The summed E-state index contributed by atoms with van der Waals surface area (Å²) in [5.74, 6) is 0. The van der Waals surface area contributed by atoms with E-state index in [1.54, 1.807) is 12.1 Å². The zero-order valence-electron chi connectivity index (χ0n) is 9.43. The van der Waals surface area contributed by atoms with Crippen LogP contribution in [0.25, 0.3) is 0 Å². The van der Waals surface area contributed by atoms with E-state index in [1.165, 1.54) is 0 Å². The van der Waals surface area contributed by atoms with E-state index < -0.39 is 7.12 Å². The van der Waals surface area contributed by atoms with Gasteiger partial charge in [-0.15, -0.1) is 0 Å². The smallest absolute Gasteiger partial charge is 0.423 e. The fourth-order valence-electron chi connectivity index (χ4n) is 1.99. The van der Waals surface area contributed by atoms with Gasteiger partial charge >= 0.3 is 7.12 Å². The molecule has 3 N–H and O–H groups in total. The molecule has 1 heterocycles. The number of anilines is 1. The summed E-state index contributed by atoms with van der Waals surface area (Å²) in [6.07, 6.45) is 0. The van der Waals surface area contributed by atoms with Crippen LogP contribution < -0.4 is 15.7 Å². The second-order valence-electron chi connectivity index (χ2n) is 3.99. The van der Waals surface area contributed by atoms with Crippen molar-refractivity contribution >= 4 is 18.3 Å². The van der Waals surface area contributed by atoms with Crippen molar-refractivity contribution in [3.63, 3.8) is 0 Å². The third kappa shape index (κ3) is 2.58. The number of hydrogen-bond donors (Lipinski definition) is 3. The quantitative estimate of drug-likeness (QED) is 0.548. The zero-order chi connectivity index (χ0) is 12.3. The third-order valence-electron chi connectivity index (χ3n) is 2.92. The first-order chi connectivity index (χ1) is 8.22. The van der Waals surface area contributed by atoms with Crippen molar-refractivity contribution in [3.05, 3.63) is 23.8 Å². The van der Waals surface area contributed by atoms with Gasteiger partial charge in [0.1, 0.15) is 0 Å². The predicted octanol–water partition coefficient (Wildman–Crippen LogP) is -1.35. The lowest BCUT2D eigenvalue weighted by Crippen LogP contribution is -2.43. The van der Waals surface area contributed by atoms with Crippen LogP contribution in [0.5, 0.6) is 0 Å². The Morgan fingerprint density at radius 1 is 1.29 bits per heavy atom. The predicted molar refractivity (Wildman–Crippen MR) is 66.1 cm³/mol. The van der Waals surface area contributed by atoms with Crippen molar-refractivity contribution < 1.29 is 10.0 Å². The molecule has 2 rings (SSSR count). The molecule has 0 atom stereocenters. The Kier molecular flexibility index (Phi) is 3.64. The Morgan fingerprint density at radius 2 is 2.00 bits per heavy atom. The normalized spacial score (nSPS) is 15.5. The highest BCUT2D eigenvalue weighted by Gasteiger charge is 2.18. The minimum absolute atomic E-state index is 0.256. The number of rotatable bonds is 2. The maximum atomic E-state index is 9.12. The maximum absolute atomic E-state index is 9.12. The van der Waals surface area contributed by atoms with Crippen molar-refractivity contribution in [3.8, 4) is 6.07 Å². The summed E-state index contributed by atoms with van der Waals surface area (Å²) in [5.41, 5.74) is 1.52. The summed E-state index contributed by atoms with van der Waals surface area (Å²) in [4.78, 5) is 2.17. The van der Waals surface area contributed by atoms with Crippen molar-refractivity contribution in [2.75, 3.05) is 31.1 Å². The molecule has 0 saturated carbocycles. The van der Waals surface area contributed by atoms with E-state index in [2.05, 4.69) is 10.2 Å². The molecule has 1 aromatic carbocycles. The Balaban J connectivity index is 2.28. The van der Waals surface area contributed by atoms with Gasteiger partial charge in [0.05, 0.1) is 11.6 Å². The van der Waals surface area contributed by atoms with E-state index in [1.807, 2.05) is 12.1 Å². The van der Waals surface area contributed by atoms with Gasteiger partial charge in [0.15, 0.2) is 0 Å². The van der Waals surface area contributed by atoms with Crippen LogP contribution in [0.2, 0.25) is 0 Å². The summed E-state index contributed by atoms with van der Waals surface area (Å²) in [6.45, 7) is 3.64. The lowest BCUT2D eigenvalue weighted by molar-refractivity contribution is 0.425. The fraction of sp³-hybridized carbons (Fsp3) is 0.364. The van der Waals surface area contributed by atoms with E-state index in [0.29, 0.717) is 5.56 Å². The minimum Gasteiger partial charge on any atom is -0.423 e. The molecular weight excluding hydrogens is 217 g/mol. The molecule has 1 aliphatic rings. The van der Waals surface area contributed by atoms with E-state index in [4.69, 9.17) is 15.3 Å². The van der Waals surface area contributed by atoms with Gasteiger partial charge in [-0.3, -0.25) is 0 Å². The van der Waals surface area contributed by atoms with Gasteiger partial charge in [0.25, 0.3) is 0 Å². The maximum Gasteiger partial charge on any atom is 0.489 e. The van der Waals surface area contributed by atoms with Gasteiger partial charge in [0.2, 0.25) is 0 Å². The largest absolute Gasteiger partial charge is 0.489 e. The topological polar surface area (TPSA) is 79.5 Å². The van der Waals surface area contributed by atoms with Crippen molar-refractivity contribution in [1.82, 2.24) is 5.32 Å². The molecule has 1 fully saturated rings. The Labute approximate surface area is 100 Å². The first-order valence-corrected chi connectivity index (χ1v) is 5.58. The number of piperazine rings is 1. The van der Waals surface area contributed by atoms with Gasteiger partial charge in [-0.05, 0) is 17.6 Å². The lowest BCUT2D eigenvalue weighted by atomic mass is 9.77. The molecule has 1 saturated heterocycles.